The first-order chi connectivity index (χ1) is 11.0. The van der Waals surface area contributed by atoms with Gasteiger partial charge in [0.1, 0.15) is 6.29 Å². The summed E-state index contributed by atoms with van der Waals surface area (Å²) in [5.41, 5.74) is 0.566. The molecular weight excluding hydrogens is 284 g/mol. The Morgan fingerprint density at radius 3 is 2.61 bits per heavy atom. The number of carbonyl (C=O) groups excluding carboxylic acids is 1. The highest BCUT2D eigenvalue weighted by atomic mass is 16.3. The molecule has 0 aromatic rings. The van der Waals surface area contributed by atoms with Crippen LogP contribution in [0.5, 0.6) is 0 Å². The molecule has 0 heterocycles. The van der Waals surface area contributed by atoms with Gasteiger partial charge in [0.05, 0.1) is 6.10 Å². The first-order valence-corrected chi connectivity index (χ1v) is 10.1. The molecule has 0 radical (unpaired) electrons. The monoisotopic (exact) mass is 318 g/mol. The summed E-state index contributed by atoms with van der Waals surface area (Å²) in [6.07, 6.45) is 13.3. The summed E-state index contributed by atoms with van der Waals surface area (Å²) in [5.74, 6) is 3.71. The molecule has 0 saturated heterocycles. The summed E-state index contributed by atoms with van der Waals surface area (Å²) >= 11 is 0. The van der Waals surface area contributed by atoms with E-state index in [9.17, 15) is 9.90 Å². The molecule has 4 fully saturated rings. The summed E-state index contributed by atoms with van der Waals surface area (Å²) < 4.78 is 0. The van der Waals surface area contributed by atoms with E-state index in [1.54, 1.807) is 0 Å². The third kappa shape index (κ3) is 2.12. The molecule has 0 aliphatic heterocycles. The van der Waals surface area contributed by atoms with Gasteiger partial charge in [0.15, 0.2) is 0 Å². The minimum absolute atomic E-state index is 0.0782. The van der Waals surface area contributed by atoms with E-state index in [1.165, 1.54) is 51.4 Å². The van der Waals surface area contributed by atoms with Crippen molar-refractivity contribution in [2.75, 3.05) is 0 Å². The zero-order valence-electron chi connectivity index (χ0n) is 15.0. The van der Waals surface area contributed by atoms with E-state index in [2.05, 4.69) is 13.8 Å². The molecule has 8 atom stereocenters. The highest BCUT2D eigenvalue weighted by Gasteiger charge is 2.61. The highest BCUT2D eigenvalue weighted by molar-refractivity contribution is 5.50. The zero-order valence-corrected chi connectivity index (χ0v) is 15.0. The minimum Gasteiger partial charge on any atom is -0.393 e. The maximum absolute atomic E-state index is 11.1. The molecule has 1 unspecified atom stereocenters. The van der Waals surface area contributed by atoms with Crippen molar-refractivity contribution in [2.24, 2.45) is 40.4 Å². The van der Waals surface area contributed by atoms with E-state index >= 15 is 0 Å². The van der Waals surface area contributed by atoms with Gasteiger partial charge in [-0.15, -0.1) is 0 Å². The van der Waals surface area contributed by atoms with Crippen molar-refractivity contribution in [3.63, 3.8) is 0 Å². The van der Waals surface area contributed by atoms with Crippen molar-refractivity contribution in [1.82, 2.24) is 0 Å². The van der Waals surface area contributed by atoms with Crippen LogP contribution in [0.15, 0.2) is 0 Å². The van der Waals surface area contributed by atoms with E-state index in [0.717, 1.165) is 42.8 Å². The normalized spacial score (nSPS) is 55.6. The molecule has 0 bridgehead atoms. The maximum Gasteiger partial charge on any atom is 0.120 e. The number of rotatable bonds is 2. The lowest BCUT2D eigenvalue weighted by Gasteiger charge is -2.61. The fraction of sp³-hybridized carbons (Fsp3) is 0.952. The van der Waals surface area contributed by atoms with Crippen molar-refractivity contribution in [3.05, 3.63) is 0 Å². The molecule has 0 aromatic carbocycles. The maximum atomic E-state index is 11.1. The number of carbonyl (C=O) groups is 1. The number of aldehydes is 1. The van der Waals surface area contributed by atoms with Crippen molar-refractivity contribution in [1.29, 1.82) is 0 Å². The fourth-order valence-electron chi connectivity index (χ4n) is 7.93. The molecule has 0 amide bonds. The minimum atomic E-state index is -0.0782. The van der Waals surface area contributed by atoms with Crippen LogP contribution in [0.25, 0.3) is 0 Å². The molecular formula is C21H34O2. The van der Waals surface area contributed by atoms with Gasteiger partial charge in [-0.25, -0.2) is 0 Å². The Balaban J connectivity index is 1.63. The summed E-state index contributed by atoms with van der Waals surface area (Å²) in [7, 11) is 0. The quantitative estimate of drug-likeness (QED) is 0.756. The fourth-order valence-corrected chi connectivity index (χ4v) is 7.93. The molecule has 0 spiro atoms. The van der Waals surface area contributed by atoms with Crippen LogP contribution in [-0.4, -0.2) is 17.5 Å². The average molecular weight is 319 g/mol. The van der Waals surface area contributed by atoms with Crippen LogP contribution < -0.4 is 0 Å². The Hall–Kier alpha value is -0.370. The van der Waals surface area contributed by atoms with Gasteiger partial charge in [0, 0.05) is 6.42 Å². The van der Waals surface area contributed by atoms with Crippen molar-refractivity contribution >= 4 is 6.29 Å². The van der Waals surface area contributed by atoms with E-state index in [4.69, 9.17) is 0 Å². The average Bonchev–Trinajstić information content (AvgIpc) is 2.86. The summed E-state index contributed by atoms with van der Waals surface area (Å²) in [5, 5.41) is 10.9. The van der Waals surface area contributed by atoms with Crippen LogP contribution in [0, 0.1) is 40.4 Å². The van der Waals surface area contributed by atoms with Crippen LogP contribution in [0.3, 0.4) is 0 Å². The second-order valence-corrected chi connectivity index (χ2v) is 9.68. The van der Waals surface area contributed by atoms with Gasteiger partial charge < -0.3 is 9.90 Å². The Labute approximate surface area is 141 Å². The molecule has 4 rings (SSSR count). The molecule has 1 N–H and O–H groups in total. The number of aliphatic hydroxyl groups is 1. The smallest absolute Gasteiger partial charge is 0.120 e. The van der Waals surface area contributed by atoms with Gasteiger partial charge in [0.2, 0.25) is 0 Å². The molecule has 4 aliphatic carbocycles. The number of hydrogen-bond donors (Lipinski definition) is 1. The van der Waals surface area contributed by atoms with E-state index in [0.29, 0.717) is 11.3 Å². The Bertz CT molecular complexity index is 474. The number of aliphatic hydroxyl groups excluding tert-OH is 1. The molecule has 2 nitrogen and oxygen atoms in total. The largest absolute Gasteiger partial charge is 0.393 e. The first-order valence-electron chi connectivity index (χ1n) is 10.1. The van der Waals surface area contributed by atoms with Gasteiger partial charge in [-0.05, 0) is 91.8 Å². The zero-order chi connectivity index (χ0) is 16.2. The van der Waals surface area contributed by atoms with E-state index in [1.807, 2.05) is 0 Å². The van der Waals surface area contributed by atoms with Gasteiger partial charge in [-0.3, -0.25) is 0 Å². The summed E-state index contributed by atoms with van der Waals surface area (Å²) in [6, 6.07) is 0. The lowest BCUT2D eigenvalue weighted by Crippen LogP contribution is -2.57. The lowest BCUT2D eigenvalue weighted by molar-refractivity contribution is -0.163. The van der Waals surface area contributed by atoms with E-state index in [-0.39, 0.29) is 11.5 Å². The number of hydrogen-bond acceptors (Lipinski definition) is 2. The third-order valence-corrected chi connectivity index (χ3v) is 9.29. The SMILES string of the molecule is C[C@]12CC[C@H]3[C@@H](CC[C@H]4CCCC(O)[C@@]43C)[C@@H]1CC[C@@H]2CC=O. The molecule has 23 heavy (non-hydrogen) atoms. The molecule has 0 aromatic heterocycles. The van der Waals surface area contributed by atoms with E-state index < -0.39 is 0 Å². The molecule has 2 heteroatoms. The Morgan fingerprint density at radius 1 is 1.00 bits per heavy atom. The Kier molecular flexibility index (Phi) is 3.91. The van der Waals surface area contributed by atoms with Crippen molar-refractivity contribution in [3.8, 4) is 0 Å². The van der Waals surface area contributed by atoms with Gasteiger partial charge >= 0.3 is 0 Å². The Morgan fingerprint density at radius 2 is 1.83 bits per heavy atom. The van der Waals surface area contributed by atoms with Crippen LogP contribution in [-0.2, 0) is 4.79 Å². The highest BCUT2D eigenvalue weighted by Crippen LogP contribution is 2.67. The van der Waals surface area contributed by atoms with Crippen LogP contribution in [0.4, 0.5) is 0 Å². The first kappa shape index (κ1) is 16.1. The molecule has 4 saturated carbocycles. The molecule has 130 valence electrons. The summed E-state index contributed by atoms with van der Waals surface area (Å²) in [4.78, 5) is 11.1. The van der Waals surface area contributed by atoms with Crippen LogP contribution >= 0.6 is 0 Å². The van der Waals surface area contributed by atoms with Crippen LogP contribution in [0.1, 0.15) is 78.1 Å². The number of fused-ring (bicyclic) bond motifs is 5. The topological polar surface area (TPSA) is 37.3 Å². The second-order valence-electron chi connectivity index (χ2n) is 9.68. The lowest BCUT2D eigenvalue weighted by atomic mass is 9.44. The summed E-state index contributed by atoms with van der Waals surface area (Å²) in [6.45, 7) is 4.92. The van der Waals surface area contributed by atoms with Gasteiger partial charge in [-0.2, -0.15) is 0 Å². The van der Waals surface area contributed by atoms with Crippen LogP contribution in [0.2, 0.25) is 0 Å². The second kappa shape index (κ2) is 5.58. The van der Waals surface area contributed by atoms with Gasteiger partial charge in [-0.1, -0.05) is 20.3 Å². The predicted molar refractivity (Wildman–Crippen MR) is 91.9 cm³/mol. The standard InChI is InChI=1S/C21H34O2/c1-20-12-10-18-16(17(20)9-7-14(20)11-13-22)8-6-15-4-3-5-19(23)21(15,18)2/h13-19,23H,3-12H2,1-2H3/t14-,15-,16+,17+,18+,19?,20-,21+/m1/s1. The van der Waals surface area contributed by atoms with Crippen molar-refractivity contribution in [2.45, 2.75) is 84.2 Å². The van der Waals surface area contributed by atoms with Gasteiger partial charge in [0.25, 0.3) is 0 Å². The van der Waals surface area contributed by atoms with Crippen molar-refractivity contribution < 1.29 is 9.90 Å². The third-order valence-electron chi connectivity index (χ3n) is 9.29. The molecule has 4 aliphatic rings. The predicted octanol–water partition coefficient (Wildman–Crippen LogP) is 4.60.